The van der Waals surface area contributed by atoms with Crippen molar-refractivity contribution in [2.75, 3.05) is 33.4 Å². The molecule has 0 fully saturated rings. The van der Waals surface area contributed by atoms with E-state index in [1.165, 1.54) is 11.1 Å². The van der Waals surface area contributed by atoms with Crippen LogP contribution in [0.1, 0.15) is 17.5 Å². The standard InChI is InChI=1S/C15H22N2O2/c1-19-11-9-16-8-6-15(18)17-10-7-13-4-2-3-5-14(13)12-17/h2-5,16H,6-12H2,1H3. The molecule has 1 aliphatic heterocycles. The highest BCUT2D eigenvalue weighted by Gasteiger charge is 2.19. The summed E-state index contributed by atoms with van der Waals surface area (Å²) >= 11 is 0. The number of ether oxygens (including phenoxy) is 1. The van der Waals surface area contributed by atoms with Crippen molar-refractivity contribution in [3.63, 3.8) is 0 Å². The lowest BCUT2D eigenvalue weighted by Crippen LogP contribution is -2.37. The van der Waals surface area contributed by atoms with E-state index in [0.29, 0.717) is 13.0 Å². The lowest BCUT2D eigenvalue weighted by molar-refractivity contribution is -0.132. The number of carbonyl (C=O) groups is 1. The van der Waals surface area contributed by atoms with Gasteiger partial charge in [-0.25, -0.2) is 0 Å². The van der Waals surface area contributed by atoms with Crippen LogP contribution in [0.3, 0.4) is 0 Å². The number of carbonyl (C=O) groups excluding carboxylic acids is 1. The Kier molecular flexibility index (Phi) is 5.36. The van der Waals surface area contributed by atoms with Crippen molar-refractivity contribution in [3.05, 3.63) is 35.4 Å². The molecule has 4 nitrogen and oxygen atoms in total. The average molecular weight is 262 g/mol. The van der Waals surface area contributed by atoms with Crippen LogP contribution >= 0.6 is 0 Å². The van der Waals surface area contributed by atoms with Gasteiger partial charge in [0, 0.05) is 39.7 Å². The monoisotopic (exact) mass is 262 g/mol. The molecule has 0 aliphatic carbocycles. The topological polar surface area (TPSA) is 41.6 Å². The Bertz CT molecular complexity index is 420. The SMILES string of the molecule is COCCNCCC(=O)N1CCc2ccccc2C1. The summed E-state index contributed by atoms with van der Waals surface area (Å²) in [6.07, 6.45) is 1.53. The molecule has 1 aromatic rings. The van der Waals surface area contributed by atoms with Crippen LogP contribution in [0.15, 0.2) is 24.3 Å². The van der Waals surface area contributed by atoms with Crippen molar-refractivity contribution in [3.8, 4) is 0 Å². The highest BCUT2D eigenvalue weighted by atomic mass is 16.5. The second kappa shape index (κ2) is 7.26. The molecule has 19 heavy (non-hydrogen) atoms. The van der Waals surface area contributed by atoms with Gasteiger partial charge in [0.25, 0.3) is 0 Å². The molecule has 4 heteroatoms. The predicted octanol–water partition coefficient (Wildman–Crippen LogP) is 1.20. The molecule has 0 atom stereocenters. The van der Waals surface area contributed by atoms with Crippen molar-refractivity contribution < 1.29 is 9.53 Å². The van der Waals surface area contributed by atoms with Crippen LogP contribution in [0.25, 0.3) is 0 Å². The molecule has 0 spiro atoms. The highest BCUT2D eigenvalue weighted by Crippen LogP contribution is 2.18. The Hall–Kier alpha value is -1.39. The maximum atomic E-state index is 12.1. The average Bonchev–Trinajstić information content (AvgIpc) is 2.46. The summed E-state index contributed by atoms with van der Waals surface area (Å²) in [6.45, 7) is 3.80. The third-order valence-corrected chi connectivity index (χ3v) is 3.48. The van der Waals surface area contributed by atoms with Crippen molar-refractivity contribution in [1.29, 1.82) is 0 Å². The predicted molar refractivity (Wildman–Crippen MR) is 74.9 cm³/mol. The fourth-order valence-electron chi connectivity index (χ4n) is 2.36. The number of nitrogens with zero attached hydrogens (tertiary/aromatic N) is 1. The summed E-state index contributed by atoms with van der Waals surface area (Å²) in [4.78, 5) is 14.1. The van der Waals surface area contributed by atoms with Gasteiger partial charge in [-0.1, -0.05) is 24.3 Å². The zero-order valence-electron chi connectivity index (χ0n) is 11.5. The van der Waals surface area contributed by atoms with Crippen molar-refractivity contribution in [2.45, 2.75) is 19.4 Å². The summed E-state index contributed by atoms with van der Waals surface area (Å²) in [5.41, 5.74) is 2.67. The third-order valence-electron chi connectivity index (χ3n) is 3.48. The molecule has 0 unspecified atom stereocenters. The first-order chi connectivity index (χ1) is 9.31. The number of fused-ring (bicyclic) bond motifs is 1. The van der Waals surface area contributed by atoms with Crippen LogP contribution in [0.2, 0.25) is 0 Å². The van der Waals surface area contributed by atoms with Gasteiger partial charge in [0.15, 0.2) is 0 Å². The zero-order chi connectivity index (χ0) is 13.5. The minimum Gasteiger partial charge on any atom is -0.383 e. The lowest BCUT2D eigenvalue weighted by atomic mass is 10.00. The van der Waals surface area contributed by atoms with Gasteiger partial charge in [-0.3, -0.25) is 4.79 Å². The minimum atomic E-state index is 0.236. The Balaban J connectivity index is 1.76. The molecule has 1 N–H and O–H groups in total. The van der Waals surface area contributed by atoms with Gasteiger partial charge in [0.05, 0.1) is 6.61 Å². The number of amides is 1. The van der Waals surface area contributed by atoms with Crippen LogP contribution in [-0.2, 0) is 22.5 Å². The van der Waals surface area contributed by atoms with E-state index in [9.17, 15) is 4.79 Å². The van der Waals surface area contributed by atoms with Gasteiger partial charge in [0.2, 0.25) is 5.91 Å². The summed E-state index contributed by atoms with van der Waals surface area (Å²) in [7, 11) is 1.68. The van der Waals surface area contributed by atoms with Crippen molar-refractivity contribution in [1.82, 2.24) is 10.2 Å². The largest absolute Gasteiger partial charge is 0.383 e. The molecule has 1 aliphatic rings. The molecular formula is C15H22N2O2. The fraction of sp³-hybridized carbons (Fsp3) is 0.533. The second-order valence-corrected chi connectivity index (χ2v) is 4.83. The zero-order valence-corrected chi connectivity index (χ0v) is 11.5. The summed E-state index contributed by atoms with van der Waals surface area (Å²) in [5, 5.41) is 3.20. The summed E-state index contributed by atoms with van der Waals surface area (Å²) in [6, 6.07) is 8.38. The molecular weight excluding hydrogens is 240 g/mol. The first-order valence-corrected chi connectivity index (χ1v) is 6.85. The highest BCUT2D eigenvalue weighted by molar-refractivity contribution is 5.76. The molecule has 104 valence electrons. The van der Waals surface area contributed by atoms with Crippen LogP contribution in [0.4, 0.5) is 0 Å². The van der Waals surface area contributed by atoms with Gasteiger partial charge >= 0.3 is 0 Å². The van der Waals surface area contributed by atoms with E-state index in [4.69, 9.17) is 4.74 Å². The molecule has 1 amide bonds. The smallest absolute Gasteiger partial charge is 0.224 e. The van der Waals surface area contributed by atoms with Gasteiger partial charge in [-0.2, -0.15) is 0 Å². The van der Waals surface area contributed by atoms with E-state index < -0.39 is 0 Å². The van der Waals surface area contributed by atoms with E-state index in [-0.39, 0.29) is 5.91 Å². The molecule has 2 rings (SSSR count). The number of nitrogens with one attached hydrogen (secondary N) is 1. The first kappa shape index (κ1) is 14.0. The van der Waals surface area contributed by atoms with E-state index >= 15 is 0 Å². The number of hydrogen-bond acceptors (Lipinski definition) is 3. The lowest BCUT2D eigenvalue weighted by Gasteiger charge is -2.29. The normalized spacial score (nSPS) is 14.3. The summed E-state index contributed by atoms with van der Waals surface area (Å²) < 4.78 is 4.95. The minimum absolute atomic E-state index is 0.236. The Morgan fingerprint density at radius 2 is 2.11 bits per heavy atom. The molecule has 0 saturated carbocycles. The molecule has 0 bridgehead atoms. The van der Waals surface area contributed by atoms with E-state index in [1.807, 2.05) is 11.0 Å². The van der Waals surface area contributed by atoms with Gasteiger partial charge in [0.1, 0.15) is 0 Å². The van der Waals surface area contributed by atoms with E-state index in [2.05, 4.69) is 23.5 Å². The molecule has 0 radical (unpaired) electrons. The van der Waals surface area contributed by atoms with Crippen LogP contribution in [0.5, 0.6) is 0 Å². The number of methoxy groups -OCH3 is 1. The quantitative estimate of drug-likeness (QED) is 0.783. The molecule has 1 aromatic carbocycles. The number of hydrogen-bond donors (Lipinski definition) is 1. The molecule has 0 saturated heterocycles. The van der Waals surface area contributed by atoms with Crippen LogP contribution in [-0.4, -0.2) is 44.2 Å². The molecule has 0 aromatic heterocycles. The third kappa shape index (κ3) is 4.04. The number of benzene rings is 1. The van der Waals surface area contributed by atoms with Crippen LogP contribution < -0.4 is 5.32 Å². The van der Waals surface area contributed by atoms with Gasteiger partial charge < -0.3 is 15.0 Å². The van der Waals surface area contributed by atoms with Crippen LogP contribution in [0, 0.1) is 0 Å². The maximum Gasteiger partial charge on any atom is 0.224 e. The van der Waals surface area contributed by atoms with Crippen molar-refractivity contribution >= 4 is 5.91 Å². The van der Waals surface area contributed by atoms with Gasteiger partial charge in [-0.15, -0.1) is 0 Å². The summed E-state index contributed by atoms with van der Waals surface area (Å²) in [5.74, 6) is 0.236. The van der Waals surface area contributed by atoms with E-state index in [0.717, 1.165) is 32.6 Å². The first-order valence-electron chi connectivity index (χ1n) is 6.85. The molecule has 1 heterocycles. The Morgan fingerprint density at radius 3 is 2.89 bits per heavy atom. The van der Waals surface area contributed by atoms with E-state index in [1.54, 1.807) is 7.11 Å². The maximum absolute atomic E-state index is 12.1. The second-order valence-electron chi connectivity index (χ2n) is 4.83. The number of rotatable bonds is 6. The fourth-order valence-corrected chi connectivity index (χ4v) is 2.36. The Labute approximate surface area is 114 Å². The van der Waals surface area contributed by atoms with Gasteiger partial charge in [-0.05, 0) is 17.5 Å². The Morgan fingerprint density at radius 1 is 1.32 bits per heavy atom. The van der Waals surface area contributed by atoms with Crippen molar-refractivity contribution in [2.24, 2.45) is 0 Å².